The van der Waals surface area contributed by atoms with E-state index in [1.54, 1.807) is 12.1 Å². The Labute approximate surface area is 106 Å². The summed E-state index contributed by atoms with van der Waals surface area (Å²) in [6.07, 6.45) is 0.121. The standard InChI is InChI=1S/C12H16Cl2O2/c1-7(2)15-11-6-12(16-8(3)4)10(14)5-9(11)13/h5-8H,1-4H3. The van der Waals surface area contributed by atoms with Crippen molar-refractivity contribution in [3.8, 4) is 11.5 Å². The Bertz CT molecular complexity index is 331. The zero-order valence-corrected chi connectivity index (χ0v) is 11.4. The minimum absolute atomic E-state index is 0.0607. The molecule has 16 heavy (non-hydrogen) atoms. The average Bonchev–Trinajstić information content (AvgIpc) is 2.11. The number of hydrogen-bond acceptors (Lipinski definition) is 2. The topological polar surface area (TPSA) is 18.5 Å². The lowest BCUT2D eigenvalue weighted by atomic mass is 10.3. The Morgan fingerprint density at radius 3 is 1.50 bits per heavy atom. The molecule has 1 rings (SSSR count). The molecule has 0 unspecified atom stereocenters. The van der Waals surface area contributed by atoms with E-state index in [2.05, 4.69) is 0 Å². The molecule has 0 atom stereocenters. The number of rotatable bonds is 4. The van der Waals surface area contributed by atoms with E-state index in [1.807, 2.05) is 27.7 Å². The molecule has 0 aliphatic carbocycles. The molecule has 1 aromatic rings. The van der Waals surface area contributed by atoms with Crippen molar-refractivity contribution in [2.24, 2.45) is 0 Å². The van der Waals surface area contributed by atoms with Crippen molar-refractivity contribution in [1.82, 2.24) is 0 Å². The monoisotopic (exact) mass is 262 g/mol. The Balaban J connectivity index is 3.01. The first kappa shape index (κ1) is 13.5. The van der Waals surface area contributed by atoms with Crippen molar-refractivity contribution in [3.63, 3.8) is 0 Å². The summed E-state index contributed by atoms with van der Waals surface area (Å²) in [5.74, 6) is 1.19. The molecule has 0 aromatic heterocycles. The van der Waals surface area contributed by atoms with Gasteiger partial charge in [0.15, 0.2) is 0 Å². The van der Waals surface area contributed by atoms with Gasteiger partial charge >= 0.3 is 0 Å². The SMILES string of the molecule is CC(C)Oc1cc(OC(C)C)c(Cl)cc1Cl. The lowest BCUT2D eigenvalue weighted by molar-refractivity contribution is 0.229. The van der Waals surface area contributed by atoms with Gasteiger partial charge in [0.05, 0.1) is 22.3 Å². The summed E-state index contributed by atoms with van der Waals surface area (Å²) in [7, 11) is 0. The molecule has 0 saturated heterocycles. The second kappa shape index (κ2) is 5.65. The summed E-state index contributed by atoms with van der Waals surface area (Å²) in [5, 5.41) is 0.990. The first-order valence-corrected chi connectivity index (χ1v) is 5.98. The Hall–Kier alpha value is -0.600. The van der Waals surface area contributed by atoms with E-state index in [1.165, 1.54) is 0 Å². The van der Waals surface area contributed by atoms with Gasteiger partial charge < -0.3 is 9.47 Å². The van der Waals surface area contributed by atoms with E-state index in [9.17, 15) is 0 Å². The van der Waals surface area contributed by atoms with E-state index >= 15 is 0 Å². The van der Waals surface area contributed by atoms with Crippen LogP contribution in [0.4, 0.5) is 0 Å². The quantitative estimate of drug-likeness (QED) is 0.792. The zero-order valence-electron chi connectivity index (χ0n) is 9.88. The highest BCUT2D eigenvalue weighted by Gasteiger charge is 2.11. The van der Waals surface area contributed by atoms with Crippen molar-refractivity contribution in [2.75, 3.05) is 0 Å². The third-order valence-electron chi connectivity index (χ3n) is 1.71. The molecule has 0 bridgehead atoms. The fourth-order valence-electron chi connectivity index (χ4n) is 1.20. The van der Waals surface area contributed by atoms with Gasteiger partial charge in [-0.25, -0.2) is 0 Å². The van der Waals surface area contributed by atoms with Crippen LogP contribution in [-0.4, -0.2) is 12.2 Å². The van der Waals surface area contributed by atoms with Crippen LogP contribution in [0.2, 0.25) is 10.0 Å². The molecule has 0 saturated carbocycles. The molecule has 0 aliphatic rings. The summed E-state index contributed by atoms with van der Waals surface area (Å²) in [6, 6.07) is 3.36. The van der Waals surface area contributed by atoms with Crippen LogP contribution >= 0.6 is 23.2 Å². The highest BCUT2D eigenvalue weighted by Crippen LogP contribution is 2.36. The molecule has 0 radical (unpaired) electrons. The van der Waals surface area contributed by atoms with Crippen LogP contribution < -0.4 is 9.47 Å². The molecule has 90 valence electrons. The maximum absolute atomic E-state index is 6.02. The molecule has 0 spiro atoms. The van der Waals surface area contributed by atoms with Gasteiger partial charge in [-0.05, 0) is 33.8 Å². The van der Waals surface area contributed by atoms with Crippen LogP contribution in [0.25, 0.3) is 0 Å². The highest BCUT2D eigenvalue weighted by atomic mass is 35.5. The van der Waals surface area contributed by atoms with E-state index in [0.29, 0.717) is 21.5 Å². The highest BCUT2D eigenvalue weighted by molar-refractivity contribution is 6.36. The van der Waals surface area contributed by atoms with Crippen molar-refractivity contribution < 1.29 is 9.47 Å². The number of ether oxygens (including phenoxy) is 2. The molecule has 4 heteroatoms. The minimum Gasteiger partial charge on any atom is -0.489 e. The van der Waals surface area contributed by atoms with Crippen LogP contribution in [0, 0.1) is 0 Å². The lowest BCUT2D eigenvalue weighted by Gasteiger charge is -2.16. The normalized spacial score (nSPS) is 11.0. The van der Waals surface area contributed by atoms with Gasteiger partial charge in [0.1, 0.15) is 11.5 Å². The largest absolute Gasteiger partial charge is 0.489 e. The zero-order chi connectivity index (χ0) is 12.3. The molecule has 0 amide bonds. The van der Waals surface area contributed by atoms with E-state index in [4.69, 9.17) is 32.7 Å². The summed E-state index contributed by atoms with van der Waals surface area (Å²) in [4.78, 5) is 0. The van der Waals surface area contributed by atoms with E-state index < -0.39 is 0 Å². The fraction of sp³-hybridized carbons (Fsp3) is 0.500. The smallest absolute Gasteiger partial charge is 0.142 e. The third-order valence-corrected chi connectivity index (χ3v) is 2.30. The minimum atomic E-state index is 0.0607. The van der Waals surface area contributed by atoms with Gasteiger partial charge in [0.2, 0.25) is 0 Å². The van der Waals surface area contributed by atoms with Gasteiger partial charge in [-0.2, -0.15) is 0 Å². The first-order valence-electron chi connectivity index (χ1n) is 5.22. The number of hydrogen-bond donors (Lipinski definition) is 0. The predicted octanol–water partition coefficient (Wildman–Crippen LogP) is 4.57. The van der Waals surface area contributed by atoms with Crippen LogP contribution in [0.5, 0.6) is 11.5 Å². The van der Waals surface area contributed by atoms with Crippen LogP contribution in [0.15, 0.2) is 12.1 Å². The molecule has 1 aromatic carbocycles. The Morgan fingerprint density at radius 2 is 1.19 bits per heavy atom. The van der Waals surface area contributed by atoms with Gasteiger partial charge in [0.25, 0.3) is 0 Å². The maximum Gasteiger partial charge on any atom is 0.142 e. The predicted molar refractivity (Wildman–Crippen MR) is 68.0 cm³/mol. The molecule has 0 aliphatic heterocycles. The van der Waals surface area contributed by atoms with Crippen LogP contribution in [-0.2, 0) is 0 Å². The third kappa shape index (κ3) is 3.76. The first-order chi connectivity index (χ1) is 7.40. The van der Waals surface area contributed by atoms with Gasteiger partial charge in [-0.15, -0.1) is 0 Å². The van der Waals surface area contributed by atoms with E-state index in [0.717, 1.165) is 0 Å². The Kier molecular flexibility index (Phi) is 4.75. The average molecular weight is 263 g/mol. The second-order valence-corrected chi connectivity index (χ2v) is 4.86. The summed E-state index contributed by atoms with van der Waals surface area (Å²) in [5.41, 5.74) is 0. The Morgan fingerprint density at radius 1 is 0.812 bits per heavy atom. The van der Waals surface area contributed by atoms with Crippen molar-refractivity contribution in [2.45, 2.75) is 39.9 Å². The summed E-state index contributed by atoms with van der Waals surface area (Å²) < 4.78 is 11.1. The molecular formula is C12H16Cl2O2. The fourth-order valence-corrected chi connectivity index (χ4v) is 1.67. The molecule has 2 nitrogen and oxygen atoms in total. The molecule has 0 fully saturated rings. The number of halogens is 2. The number of benzene rings is 1. The summed E-state index contributed by atoms with van der Waals surface area (Å²) >= 11 is 12.0. The lowest BCUT2D eigenvalue weighted by Crippen LogP contribution is -2.08. The van der Waals surface area contributed by atoms with Crippen molar-refractivity contribution in [1.29, 1.82) is 0 Å². The van der Waals surface area contributed by atoms with Gasteiger partial charge in [0, 0.05) is 6.07 Å². The maximum atomic E-state index is 6.02. The van der Waals surface area contributed by atoms with Crippen LogP contribution in [0.1, 0.15) is 27.7 Å². The van der Waals surface area contributed by atoms with Gasteiger partial charge in [-0.1, -0.05) is 23.2 Å². The van der Waals surface area contributed by atoms with Crippen LogP contribution in [0.3, 0.4) is 0 Å². The second-order valence-electron chi connectivity index (χ2n) is 4.05. The van der Waals surface area contributed by atoms with Crippen molar-refractivity contribution >= 4 is 23.2 Å². The molecule has 0 N–H and O–H groups in total. The van der Waals surface area contributed by atoms with E-state index in [-0.39, 0.29) is 12.2 Å². The molecular weight excluding hydrogens is 247 g/mol. The molecule has 0 heterocycles. The summed E-state index contributed by atoms with van der Waals surface area (Å²) in [6.45, 7) is 7.75. The van der Waals surface area contributed by atoms with Gasteiger partial charge in [-0.3, -0.25) is 0 Å². The van der Waals surface area contributed by atoms with Crippen molar-refractivity contribution in [3.05, 3.63) is 22.2 Å².